The van der Waals surface area contributed by atoms with E-state index in [0.29, 0.717) is 0 Å². The molecule has 0 aliphatic rings. The van der Waals surface area contributed by atoms with Gasteiger partial charge in [0.15, 0.2) is 0 Å². The molecule has 0 unspecified atom stereocenters. The standard InChI is InChI=1S/C6H12N/c1-3-5-6-7-4-2/h3,5,7H,2,4,6H2,1H3/b5-3+. The van der Waals surface area contributed by atoms with Crippen molar-refractivity contribution in [2.24, 2.45) is 0 Å². The SMILES string of the molecule is [CH2]CNC/C=C/C. The Morgan fingerprint density at radius 3 is 2.86 bits per heavy atom. The van der Waals surface area contributed by atoms with E-state index >= 15 is 0 Å². The smallest absolute Gasteiger partial charge is 0.0134 e. The summed E-state index contributed by atoms with van der Waals surface area (Å²) in [6, 6.07) is 0. The monoisotopic (exact) mass is 98.1 g/mol. The molecule has 7 heavy (non-hydrogen) atoms. The molecule has 0 aromatic rings. The maximum absolute atomic E-state index is 3.61. The van der Waals surface area contributed by atoms with E-state index in [2.05, 4.69) is 18.3 Å². The lowest BCUT2D eigenvalue weighted by Crippen LogP contribution is -2.11. The molecule has 0 bridgehead atoms. The summed E-state index contributed by atoms with van der Waals surface area (Å²) in [6.45, 7) is 7.37. The van der Waals surface area contributed by atoms with Crippen molar-refractivity contribution in [3.63, 3.8) is 0 Å². The fourth-order valence-electron chi connectivity index (χ4n) is 0.303. The Hall–Kier alpha value is -0.300. The highest BCUT2D eigenvalue weighted by atomic mass is 14.8. The topological polar surface area (TPSA) is 12.0 Å². The Morgan fingerprint density at radius 2 is 2.43 bits per heavy atom. The maximum Gasteiger partial charge on any atom is 0.0134 e. The van der Waals surface area contributed by atoms with Gasteiger partial charge in [0.05, 0.1) is 0 Å². The second kappa shape index (κ2) is 5.70. The minimum absolute atomic E-state index is 0.810. The molecule has 1 N–H and O–H groups in total. The Morgan fingerprint density at radius 1 is 1.71 bits per heavy atom. The predicted octanol–water partition coefficient (Wildman–Crippen LogP) is 0.986. The molecule has 0 heterocycles. The van der Waals surface area contributed by atoms with Crippen LogP contribution in [0, 0.1) is 6.92 Å². The van der Waals surface area contributed by atoms with Crippen LogP contribution in [-0.2, 0) is 0 Å². The van der Waals surface area contributed by atoms with Crippen molar-refractivity contribution in [2.45, 2.75) is 6.92 Å². The van der Waals surface area contributed by atoms with E-state index < -0.39 is 0 Å². The largest absolute Gasteiger partial charge is 0.313 e. The minimum Gasteiger partial charge on any atom is -0.313 e. The molecule has 1 radical (unpaired) electrons. The zero-order valence-electron chi connectivity index (χ0n) is 4.78. The fraction of sp³-hybridized carbons (Fsp3) is 0.500. The summed E-state index contributed by atoms with van der Waals surface area (Å²) in [5.41, 5.74) is 0. The van der Waals surface area contributed by atoms with Crippen LogP contribution in [0.3, 0.4) is 0 Å². The maximum atomic E-state index is 3.61. The predicted molar refractivity (Wildman–Crippen MR) is 33.0 cm³/mol. The molecule has 0 atom stereocenters. The van der Waals surface area contributed by atoms with Crippen LogP contribution in [0.5, 0.6) is 0 Å². The molecule has 0 aliphatic heterocycles. The van der Waals surface area contributed by atoms with Crippen molar-refractivity contribution in [3.05, 3.63) is 19.1 Å². The van der Waals surface area contributed by atoms with E-state index in [1.54, 1.807) is 0 Å². The summed E-state index contributed by atoms with van der Waals surface area (Å²) >= 11 is 0. The number of hydrogen-bond acceptors (Lipinski definition) is 1. The van der Waals surface area contributed by atoms with Crippen LogP contribution in [0.4, 0.5) is 0 Å². The Kier molecular flexibility index (Phi) is 5.46. The molecule has 0 spiro atoms. The van der Waals surface area contributed by atoms with Crippen LogP contribution in [0.2, 0.25) is 0 Å². The van der Waals surface area contributed by atoms with Crippen LogP contribution < -0.4 is 5.32 Å². The fourth-order valence-corrected chi connectivity index (χ4v) is 0.303. The summed E-state index contributed by atoms with van der Waals surface area (Å²) < 4.78 is 0. The van der Waals surface area contributed by atoms with Crippen molar-refractivity contribution in [3.8, 4) is 0 Å². The highest BCUT2D eigenvalue weighted by Crippen LogP contribution is 1.64. The molecule has 0 aliphatic carbocycles. The van der Waals surface area contributed by atoms with Gasteiger partial charge in [0.1, 0.15) is 0 Å². The van der Waals surface area contributed by atoms with Gasteiger partial charge >= 0.3 is 0 Å². The van der Waals surface area contributed by atoms with E-state index in [1.165, 1.54) is 0 Å². The quantitative estimate of drug-likeness (QED) is 0.410. The molecule has 0 saturated carbocycles. The van der Waals surface area contributed by atoms with Gasteiger partial charge in [-0.05, 0) is 20.4 Å². The second-order valence-electron chi connectivity index (χ2n) is 1.27. The first kappa shape index (κ1) is 6.70. The normalized spacial score (nSPS) is 10.6. The summed E-state index contributed by atoms with van der Waals surface area (Å²) in [6.07, 6.45) is 4.08. The highest BCUT2D eigenvalue weighted by Gasteiger charge is 1.68. The average molecular weight is 98.2 g/mol. The lowest BCUT2D eigenvalue weighted by Gasteiger charge is -1.89. The molecule has 0 amide bonds. The lowest BCUT2D eigenvalue weighted by molar-refractivity contribution is 0.840. The number of allylic oxidation sites excluding steroid dienone is 1. The Labute approximate surface area is 45.4 Å². The Bertz CT molecular complexity index is 48.1. The molecule has 0 saturated heterocycles. The van der Waals surface area contributed by atoms with Gasteiger partial charge in [0, 0.05) is 6.54 Å². The first-order valence-corrected chi connectivity index (χ1v) is 2.53. The van der Waals surface area contributed by atoms with Gasteiger partial charge < -0.3 is 5.32 Å². The number of rotatable bonds is 3. The lowest BCUT2D eigenvalue weighted by atomic mass is 10.5. The molecular weight excluding hydrogens is 86.1 g/mol. The van der Waals surface area contributed by atoms with E-state index in [1.807, 2.05) is 13.0 Å². The van der Waals surface area contributed by atoms with Crippen molar-refractivity contribution in [1.82, 2.24) is 5.32 Å². The third kappa shape index (κ3) is 5.70. The van der Waals surface area contributed by atoms with Crippen molar-refractivity contribution in [2.75, 3.05) is 13.1 Å². The molecular formula is C6H12N. The summed E-state index contributed by atoms with van der Waals surface area (Å²) in [7, 11) is 0. The molecule has 0 fully saturated rings. The van der Waals surface area contributed by atoms with Crippen molar-refractivity contribution >= 4 is 0 Å². The molecule has 41 valence electrons. The van der Waals surface area contributed by atoms with E-state index in [4.69, 9.17) is 0 Å². The van der Waals surface area contributed by atoms with Crippen LogP contribution in [-0.4, -0.2) is 13.1 Å². The highest BCUT2D eigenvalue weighted by molar-refractivity contribution is 4.78. The molecule has 1 heteroatoms. The van der Waals surface area contributed by atoms with Crippen LogP contribution in [0.25, 0.3) is 0 Å². The first-order valence-electron chi connectivity index (χ1n) is 2.53. The minimum atomic E-state index is 0.810. The average Bonchev–Trinajstić information content (AvgIpc) is 1.69. The third-order valence-electron chi connectivity index (χ3n) is 0.675. The van der Waals surface area contributed by atoms with Crippen LogP contribution in [0.15, 0.2) is 12.2 Å². The second-order valence-corrected chi connectivity index (χ2v) is 1.27. The summed E-state index contributed by atoms with van der Waals surface area (Å²) in [5.74, 6) is 0. The Balaban J connectivity index is 2.69. The van der Waals surface area contributed by atoms with Gasteiger partial charge in [-0.25, -0.2) is 0 Å². The zero-order valence-corrected chi connectivity index (χ0v) is 4.78. The number of hydrogen-bond donors (Lipinski definition) is 1. The van der Waals surface area contributed by atoms with E-state index in [9.17, 15) is 0 Å². The van der Waals surface area contributed by atoms with Gasteiger partial charge in [0.2, 0.25) is 0 Å². The summed E-state index contributed by atoms with van der Waals surface area (Å²) in [4.78, 5) is 0. The van der Waals surface area contributed by atoms with Crippen molar-refractivity contribution in [1.29, 1.82) is 0 Å². The summed E-state index contributed by atoms with van der Waals surface area (Å²) in [5, 5.41) is 3.05. The van der Waals surface area contributed by atoms with Gasteiger partial charge in [-0.1, -0.05) is 12.2 Å². The van der Waals surface area contributed by atoms with Gasteiger partial charge in [-0.3, -0.25) is 0 Å². The van der Waals surface area contributed by atoms with Gasteiger partial charge in [-0.2, -0.15) is 0 Å². The zero-order chi connectivity index (χ0) is 5.54. The molecule has 0 aromatic carbocycles. The van der Waals surface area contributed by atoms with Crippen LogP contribution >= 0.6 is 0 Å². The molecule has 0 rings (SSSR count). The van der Waals surface area contributed by atoms with Crippen molar-refractivity contribution < 1.29 is 0 Å². The first-order chi connectivity index (χ1) is 3.41. The molecule has 1 nitrogen and oxygen atoms in total. The van der Waals surface area contributed by atoms with Gasteiger partial charge in [0.25, 0.3) is 0 Å². The van der Waals surface area contributed by atoms with E-state index in [0.717, 1.165) is 13.1 Å². The van der Waals surface area contributed by atoms with Crippen LogP contribution in [0.1, 0.15) is 6.92 Å². The molecule has 0 aromatic heterocycles. The third-order valence-corrected chi connectivity index (χ3v) is 0.675. The number of nitrogens with one attached hydrogen (secondary N) is 1. The van der Waals surface area contributed by atoms with Gasteiger partial charge in [-0.15, -0.1) is 0 Å². The van der Waals surface area contributed by atoms with E-state index in [-0.39, 0.29) is 0 Å².